The van der Waals surface area contributed by atoms with E-state index in [1.54, 1.807) is 4.90 Å². The first-order chi connectivity index (χ1) is 12.8. The van der Waals surface area contributed by atoms with E-state index in [1.807, 2.05) is 56.0 Å². The molecule has 1 aliphatic rings. The Morgan fingerprint density at radius 2 is 1.93 bits per heavy atom. The third-order valence-corrected chi connectivity index (χ3v) is 4.16. The second-order valence-electron chi connectivity index (χ2n) is 7.56. The Morgan fingerprint density at radius 1 is 1.22 bits per heavy atom. The van der Waals surface area contributed by atoms with Crippen molar-refractivity contribution in [3.8, 4) is 6.07 Å². The Morgan fingerprint density at radius 3 is 2.56 bits per heavy atom. The molecular weight excluding hydrogens is 346 g/mol. The van der Waals surface area contributed by atoms with Gasteiger partial charge in [0.1, 0.15) is 12.2 Å². The zero-order chi connectivity index (χ0) is 19.9. The van der Waals surface area contributed by atoms with Crippen LogP contribution in [0, 0.1) is 11.3 Å². The fourth-order valence-corrected chi connectivity index (χ4v) is 2.84. The normalized spacial score (nSPS) is 17.9. The number of ether oxygens (including phenoxy) is 2. The maximum absolute atomic E-state index is 12.3. The standard InChI is InChI=1S/C20H27N3O4/c1-20(2,3)27-19(25)23-12-11-22(17(13-23)9-10-21)14-18(24)26-15-16-7-5-4-6-8-16/h4-8,17H,9,11-15H2,1-3H3/t17-/m1/s1. The molecule has 146 valence electrons. The van der Waals surface area contributed by atoms with Crippen molar-refractivity contribution in [2.45, 2.75) is 45.4 Å². The molecule has 0 saturated carbocycles. The van der Waals surface area contributed by atoms with Gasteiger partial charge in [0.2, 0.25) is 0 Å². The van der Waals surface area contributed by atoms with Gasteiger partial charge in [-0.05, 0) is 26.3 Å². The Bertz CT molecular complexity index is 679. The maximum Gasteiger partial charge on any atom is 0.410 e. The predicted octanol–water partition coefficient (Wildman–Crippen LogP) is 2.56. The molecule has 0 aromatic heterocycles. The van der Waals surface area contributed by atoms with Crippen molar-refractivity contribution < 1.29 is 19.1 Å². The lowest BCUT2D eigenvalue weighted by molar-refractivity contribution is -0.147. The summed E-state index contributed by atoms with van der Waals surface area (Å²) in [6.45, 7) is 7.06. The molecule has 1 fully saturated rings. The van der Waals surface area contributed by atoms with E-state index in [1.165, 1.54) is 0 Å². The minimum Gasteiger partial charge on any atom is -0.460 e. The predicted molar refractivity (Wildman–Crippen MR) is 99.6 cm³/mol. The highest BCUT2D eigenvalue weighted by Gasteiger charge is 2.33. The maximum atomic E-state index is 12.3. The zero-order valence-electron chi connectivity index (χ0n) is 16.2. The van der Waals surface area contributed by atoms with Gasteiger partial charge < -0.3 is 14.4 Å². The molecule has 2 rings (SSSR count). The van der Waals surface area contributed by atoms with Crippen molar-refractivity contribution in [3.63, 3.8) is 0 Å². The van der Waals surface area contributed by atoms with Crippen LogP contribution >= 0.6 is 0 Å². The van der Waals surface area contributed by atoms with Crippen molar-refractivity contribution >= 4 is 12.1 Å². The summed E-state index contributed by atoms with van der Waals surface area (Å²) in [5.74, 6) is -0.340. The van der Waals surface area contributed by atoms with E-state index >= 15 is 0 Å². The highest BCUT2D eigenvalue weighted by molar-refractivity contribution is 5.72. The van der Waals surface area contributed by atoms with Gasteiger partial charge in [-0.25, -0.2) is 4.79 Å². The van der Waals surface area contributed by atoms with Crippen LogP contribution in [-0.2, 0) is 20.9 Å². The van der Waals surface area contributed by atoms with Gasteiger partial charge in [0.15, 0.2) is 0 Å². The van der Waals surface area contributed by atoms with Crippen LogP contribution in [0.15, 0.2) is 30.3 Å². The van der Waals surface area contributed by atoms with Crippen LogP contribution < -0.4 is 0 Å². The second-order valence-corrected chi connectivity index (χ2v) is 7.56. The number of carbonyl (C=O) groups excluding carboxylic acids is 2. The lowest BCUT2D eigenvalue weighted by Gasteiger charge is -2.40. The third-order valence-electron chi connectivity index (χ3n) is 4.16. The van der Waals surface area contributed by atoms with Gasteiger partial charge in [-0.2, -0.15) is 5.26 Å². The molecule has 1 aromatic rings. The molecule has 1 heterocycles. The summed E-state index contributed by atoms with van der Waals surface area (Å²) in [5.41, 5.74) is 0.356. The Kier molecular flexibility index (Phi) is 7.19. The molecule has 1 amide bonds. The number of rotatable bonds is 5. The molecule has 1 aromatic carbocycles. The fraction of sp³-hybridized carbons (Fsp3) is 0.550. The van der Waals surface area contributed by atoms with Gasteiger partial charge in [0.25, 0.3) is 0 Å². The summed E-state index contributed by atoms with van der Waals surface area (Å²) in [6, 6.07) is 11.4. The molecule has 1 saturated heterocycles. The molecule has 7 heteroatoms. The number of carbonyl (C=O) groups is 2. The van der Waals surface area contributed by atoms with E-state index in [0.29, 0.717) is 19.6 Å². The molecule has 0 N–H and O–H groups in total. The van der Waals surface area contributed by atoms with Gasteiger partial charge in [0, 0.05) is 25.7 Å². The summed E-state index contributed by atoms with van der Waals surface area (Å²) in [4.78, 5) is 27.9. The molecule has 7 nitrogen and oxygen atoms in total. The third kappa shape index (κ3) is 6.91. The molecule has 1 atom stereocenters. The zero-order valence-corrected chi connectivity index (χ0v) is 16.2. The number of amides is 1. The van der Waals surface area contributed by atoms with E-state index in [4.69, 9.17) is 14.7 Å². The smallest absolute Gasteiger partial charge is 0.410 e. The van der Waals surface area contributed by atoms with Crippen LogP contribution in [0.1, 0.15) is 32.8 Å². The van der Waals surface area contributed by atoms with Crippen LogP contribution in [-0.4, -0.2) is 59.7 Å². The van der Waals surface area contributed by atoms with Crippen molar-refractivity contribution in [1.82, 2.24) is 9.80 Å². The van der Waals surface area contributed by atoms with Gasteiger partial charge in [-0.15, -0.1) is 0 Å². The van der Waals surface area contributed by atoms with Gasteiger partial charge in [-0.3, -0.25) is 9.69 Å². The summed E-state index contributed by atoms with van der Waals surface area (Å²) >= 11 is 0. The van der Waals surface area contributed by atoms with E-state index in [2.05, 4.69) is 6.07 Å². The number of benzene rings is 1. The van der Waals surface area contributed by atoms with Crippen molar-refractivity contribution in [2.75, 3.05) is 26.2 Å². The average Bonchev–Trinajstić information content (AvgIpc) is 2.61. The summed E-state index contributed by atoms with van der Waals surface area (Å²) in [5, 5.41) is 9.11. The first-order valence-corrected chi connectivity index (χ1v) is 9.07. The minimum absolute atomic E-state index is 0.0986. The fourth-order valence-electron chi connectivity index (χ4n) is 2.84. The first-order valence-electron chi connectivity index (χ1n) is 9.07. The number of esters is 1. The van der Waals surface area contributed by atoms with Crippen LogP contribution in [0.3, 0.4) is 0 Å². The first kappa shape index (κ1) is 20.7. The van der Waals surface area contributed by atoms with E-state index in [-0.39, 0.29) is 31.6 Å². The lowest BCUT2D eigenvalue weighted by Crippen LogP contribution is -2.56. The summed E-state index contributed by atoms with van der Waals surface area (Å²) < 4.78 is 10.7. The quantitative estimate of drug-likeness (QED) is 0.738. The topological polar surface area (TPSA) is 82.9 Å². The number of nitriles is 1. The Labute approximate surface area is 160 Å². The second kappa shape index (κ2) is 9.38. The number of piperazine rings is 1. The van der Waals surface area contributed by atoms with E-state index < -0.39 is 11.7 Å². The SMILES string of the molecule is CC(C)(C)OC(=O)N1CCN(CC(=O)OCc2ccccc2)[C@H](CC#N)C1. The van der Waals surface area contributed by atoms with Crippen LogP contribution in [0.4, 0.5) is 4.79 Å². The summed E-state index contributed by atoms with van der Waals surface area (Å²) in [7, 11) is 0. The van der Waals surface area contributed by atoms with Crippen molar-refractivity contribution in [2.24, 2.45) is 0 Å². The minimum atomic E-state index is -0.569. The van der Waals surface area contributed by atoms with E-state index in [0.717, 1.165) is 5.56 Å². The van der Waals surface area contributed by atoms with Crippen LogP contribution in [0.5, 0.6) is 0 Å². The molecule has 0 unspecified atom stereocenters. The molecule has 27 heavy (non-hydrogen) atoms. The molecule has 0 aliphatic carbocycles. The Balaban J connectivity index is 1.88. The van der Waals surface area contributed by atoms with Gasteiger partial charge in [0.05, 0.1) is 19.0 Å². The summed E-state index contributed by atoms with van der Waals surface area (Å²) in [6.07, 6.45) is -0.164. The van der Waals surface area contributed by atoms with Crippen molar-refractivity contribution in [3.05, 3.63) is 35.9 Å². The van der Waals surface area contributed by atoms with Gasteiger partial charge in [-0.1, -0.05) is 30.3 Å². The monoisotopic (exact) mass is 373 g/mol. The molecular formula is C20H27N3O4. The van der Waals surface area contributed by atoms with E-state index in [9.17, 15) is 9.59 Å². The highest BCUT2D eigenvalue weighted by Crippen LogP contribution is 2.17. The lowest BCUT2D eigenvalue weighted by atomic mass is 10.1. The number of hydrogen-bond acceptors (Lipinski definition) is 6. The molecule has 0 bridgehead atoms. The average molecular weight is 373 g/mol. The number of nitrogens with zero attached hydrogens (tertiary/aromatic N) is 3. The van der Waals surface area contributed by atoms with Crippen LogP contribution in [0.2, 0.25) is 0 Å². The van der Waals surface area contributed by atoms with Crippen molar-refractivity contribution in [1.29, 1.82) is 5.26 Å². The number of hydrogen-bond donors (Lipinski definition) is 0. The molecule has 1 aliphatic heterocycles. The molecule has 0 spiro atoms. The highest BCUT2D eigenvalue weighted by atomic mass is 16.6. The van der Waals surface area contributed by atoms with Crippen LogP contribution in [0.25, 0.3) is 0 Å². The van der Waals surface area contributed by atoms with Gasteiger partial charge >= 0.3 is 12.1 Å². The molecule has 0 radical (unpaired) electrons. The Hall–Kier alpha value is -2.59. The largest absolute Gasteiger partial charge is 0.460 e.